The minimum absolute atomic E-state index is 0.441. The van der Waals surface area contributed by atoms with Gasteiger partial charge in [-0.15, -0.1) is 0 Å². The third kappa shape index (κ3) is 3.61. The van der Waals surface area contributed by atoms with Crippen LogP contribution in [-0.4, -0.2) is 25.2 Å². The fraction of sp³-hybridized carbons (Fsp3) is 0.273. The Balaban J connectivity index is 2.45. The second-order valence-electron chi connectivity index (χ2n) is 3.21. The van der Waals surface area contributed by atoms with Gasteiger partial charge < -0.3 is 15.4 Å². The van der Waals surface area contributed by atoms with Gasteiger partial charge in [0.1, 0.15) is 6.04 Å². The largest absolute Gasteiger partial charge is 0.467 e. The Bertz CT molecular complexity index is 365. The highest BCUT2D eigenvalue weighted by Gasteiger charge is 2.15. The van der Waals surface area contributed by atoms with Gasteiger partial charge in [0.2, 0.25) is 0 Å². The molecular weight excluding hydrogens is 208 g/mol. The van der Waals surface area contributed by atoms with Crippen LogP contribution in [0, 0.1) is 0 Å². The van der Waals surface area contributed by atoms with E-state index in [2.05, 4.69) is 15.4 Å². The number of para-hydroxylation sites is 1. The highest BCUT2D eigenvalue weighted by molar-refractivity contribution is 5.92. The van der Waals surface area contributed by atoms with Gasteiger partial charge >= 0.3 is 12.0 Å². The molecule has 1 atom stereocenters. The molecule has 0 aliphatic heterocycles. The van der Waals surface area contributed by atoms with Crippen LogP contribution in [0.1, 0.15) is 6.92 Å². The van der Waals surface area contributed by atoms with E-state index in [1.165, 1.54) is 7.11 Å². The summed E-state index contributed by atoms with van der Waals surface area (Å²) >= 11 is 0. The van der Waals surface area contributed by atoms with Gasteiger partial charge in [-0.3, -0.25) is 0 Å². The van der Waals surface area contributed by atoms with E-state index < -0.39 is 18.0 Å². The lowest BCUT2D eigenvalue weighted by Gasteiger charge is -2.12. The van der Waals surface area contributed by atoms with Crippen molar-refractivity contribution in [3.05, 3.63) is 30.3 Å². The summed E-state index contributed by atoms with van der Waals surface area (Å²) in [6.45, 7) is 1.55. The van der Waals surface area contributed by atoms with Crippen LogP contribution in [0.5, 0.6) is 0 Å². The average molecular weight is 222 g/mol. The van der Waals surface area contributed by atoms with Crippen LogP contribution in [0.25, 0.3) is 0 Å². The van der Waals surface area contributed by atoms with Crippen molar-refractivity contribution in [1.29, 1.82) is 0 Å². The molecule has 1 aromatic carbocycles. The lowest BCUT2D eigenvalue weighted by atomic mass is 10.3. The molecule has 2 N–H and O–H groups in total. The topological polar surface area (TPSA) is 67.4 Å². The second-order valence-corrected chi connectivity index (χ2v) is 3.21. The molecule has 2 amide bonds. The van der Waals surface area contributed by atoms with E-state index in [1.54, 1.807) is 31.2 Å². The first-order chi connectivity index (χ1) is 7.63. The van der Waals surface area contributed by atoms with Gasteiger partial charge in [0.25, 0.3) is 0 Å². The molecule has 0 spiro atoms. The lowest BCUT2D eigenvalue weighted by Crippen LogP contribution is -2.41. The van der Waals surface area contributed by atoms with Gasteiger partial charge in [-0.25, -0.2) is 9.59 Å². The molecule has 5 nitrogen and oxygen atoms in total. The summed E-state index contributed by atoms with van der Waals surface area (Å²) in [5, 5.41) is 5.05. The highest BCUT2D eigenvalue weighted by Crippen LogP contribution is 2.04. The molecule has 0 fully saturated rings. The number of hydrogen-bond donors (Lipinski definition) is 2. The molecule has 1 rings (SSSR count). The number of urea groups is 1. The van der Waals surface area contributed by atoms with Crippen LogP contribution >= 0.6 is 0 Å². The van der Waals surface area contributed by atoms with Gasteiger partial charge in [0.15, 0.2) is 0 Å². The Morgan fingerprint density at radius 1 is 1.25 bits per heavy atom. The van der Waals surface area contributed by atoms with E-state index in [0.29, 0.717) is 5.69 Å². The first kappa shape index (κ1) is 12.0. The molecular formula is C11H14N2O3. The Morgan fingerprint density at radius 2 is 1.88 bits per heavy atom. The SMILES string of the molecule is COC(=O)[C@H](C)NC(=O)Nc1ccccc1. The van der Waals surface area contributed by atoms with Gasteiger partial charge in [0.05, 0.1) is 7.11 Å². The highest BCUT2D eigenvalue weighted by atomic mass is 16.5. The molecule has 1 aromatic rings. The molecule has 0 radical (unpaired) electrons. The summed E-state index contributed by atoms with van der Waals surface area (Å²) in [5.41, 5.74) is 0.664. The number of rotatable bonds is 3. The average Bonchev–Trinajstić information content (AvgIpc) is 2.29. The van der Waals surface area contributed by atoms with Crippen LogP contribution in [0.3, 0.4) is 0 Å². The van der Waals surface area contributed by atoms with E-state index >= 15 is 0 Å². The van der Waals surface area contributed by atoms with Crippen molar-refractivity contribution >= 4 is 17.7 Å². The monoisotopic (exact) mass is 222 g/mol. The number of ether oxygens (including phenoxy) is 1. The van der Waals surface area contributed by atoms with Crippen molar-refractivity contribution in [3.63, 3.8) is 0 Å². The number of carbonyl (C=O) groups is 2. The zero-order chi connectivity index (χ0) is 12.0. The van der Waals surface area contributed by atoms with Gasteiger partial charge in [-0.1, -0.05) is 18.2 Å². The van der Waals surface area contributed by atoms with Gasteiger partial charge in [-0.2, -0.15) is 0 Å². The maximum atomic E-state index is 11.4. The van der Waals surface area contributed by atoms with Crippen molar-refractivity contribution in [1.82, 2.24) is 5.32 Å². The van der Waals surface area contributed by atoms with Gasteiger partial charge in [-0.05, 0) is 19.1 Å². The fourth-order valence-electron chi connectivity index (χ4n) is 1.12. The van der Waals surface area contributed by atoms with Gasteiger partial charge in [0, 0.05) is 5.69 Å². The number of nitrogens with one attached hydrogen (secondary N) is 2. The molecule has 5 heteroatoms. The standard InChI is InChI=1S/C11H14N2O3/c1-8(10(14)16-2)12-11(15)13-9-6-4-3-5-7-9/h3-8H,1-2H3,(H2,12,13,15)/t8-/m0/s1. The summed E-state index contributed by atoms with van der Waals surface area (Å²) in [6, 6.07) is 7.85. The van der Waals surface area contributed by atoms with Crippen molar-refractivity contribution in [2.24, 2.45) is 0 Å². The maximum absolute atomic E-state index is 11.4. The molecule has 0 aliphatic carbocycles. The number of benzene rings is 1. The van der Waals surface area contributed by atoms with E-state index in [0.717, 1.165) is 0 Å². The Morgan fingerprint density at radius 3 is 2.44 bits per heavy atom. The van der Waals surface area contributed by atoms with Crippen LogP contribution in [-0.2, 0) is 9.53 Å². The van der Waals surface area contributed by atoms with E-state index in [4.69, 9.17) is 0 Å². The number of anilines is 1. The molecule has 86 valence electrons. The summed E-state index contributed by atoms with van der Waals surface area (Å²) in [7, 11) is 1.27. The number of hydrogen-bond acceptors (Lipinski definition) is 3. The molecule has 0 saturated heterocycles. The Kier molecular flexibility index (Phi) is 4.32. The zero-order valence-electron chi connectivity index (χ0n) is 9.19. The third-order valence-corrected chi connectivity index (χ3v) is 1.93. The van der Waals surface area contributed by atoms with E-state index in [9.17, 15) is 9.59 Å². The second kappa shape index (κ2) is 5.75. The van der Waals surface area contributed by atoms with E-state index in [1.807, 2.05) is 6.07 Å². The van der Waals surface area contributed by atoms with Crippen molar-refractivity contribution < 1.29 is 14.3 Å². The Hall–Kier alpha value is -2.04. The smallest absolute Gasteiger partial charge is 0.328 e. The number of methoxy groups -OCH3 is 1. The number of amides is 2. The predicted octanol–water partition coefficient (Wildman–Crippen LogP) is 1.37. The summed E-state index contributed by atoms with van der Waals surface area (Å²) in [5.74, 6) is -0.483. The van der Waals surface area contributed by atoms with Crippen LogP contribution in [0.4, 0.5) is 10.5 Å². The number of carbonyl (C=O) groups excluding carboxylic acids is 2. The summed E-state index contributed by atoms with van der Waals surface area (Å²) in [4.78, 5) is 22.4. The quantitative estimate of drug-likeness (QED) is 0.759. The zero-order valence-corrected chi connectivity index (χ0v) is 9.19. The Labute approximate surface area is 93.8 Å². The molecule has 0 unspecified atom stereocenters. The minimum Gasteiger partial charge on any atom is -0.467 e. The molecule has 0 heterocycles. The van der Waals surface area contributed by atoms with Crippen LogP contribution in [0.15, 0.2) is 30.3 Å². The normalized spacial score (nSPS) is 11.4. The lowest BCUT2D eigenvalue weighted by molar-refractivity contribution is -0.142. The molecule has 16 heavy (non-hydrogen) atoms. The third-order valence-electron chi connectivity index (χ3n) is 1.93. The van der Waals surface area contributed by atoms with E-state index in [-0.39, 0.29) is 0 Å². The van der Waals surface area contributed by atoms with Crippen molar-refractivity contribution in [2.75, 3.05) is 12.4 Å². The van der Waals surface area contributed by atoms with Crippen LogP contribution < -0.4 is 10.6 Å². The predicted molar refractivity (Wildman–Crippen MR) is 60.1 cm³/mol. The molecule has 0 aliphatic rings. The summed E-state index contributed by atoms with van der Waals surface area (Å²) < 4.78 is 4.48. The van der Waals surface area contributed by atoms with Crippen molar-refractivity contribution in [2.45, 2.75) is 13.0 Å². The first-order valence-electron chi connectivity index (χ1n) is 4.84. The fourth-order valence-corrected chi connectivity index (χ4v) is 1.12. The van der Waals surface area contributed by atoms with Crippen LogP contribution in [0.2, 0.25) is 0 Å². The maximum Gasteiger partial charge on any atom is 0.328 e. The minimum atomic E-state index is -0.672. The molecule has 0 saturated carbocycles. The molecule has 0 bridgehead atoms. The summed E-state index contributed by atoms with van der Waals surface area (Å²) in [6.07, 6.45) is 0. The van der Waals surface area contributed by atoms with Crippen molar-refractivity contribution in [3.8, 4) is 0 Å². The number of esters is 1. The molecule has 0 aromatic heterocycles. The first-order valence-corrected chi connectivity index (χ1v) is 4.84.